The molecule has 0 spiro atoms. The second-order valence-electron chi connectivity index (χ2n) is 5.86. The molecule has 0 aromatic heterocycles. The Morgan fingerprint density at radius 1 is 1.32 bits per heavy atom. The fourth-order valence-corrected chi connectivity index (χ4v) is 2.70. The number of rotatable bonds is 5. The minimum atomic E-state index is -0.443. The van der Waals surface area contributed by atoms with E-state index in [4.69, 9.17) is 10.00 Å². The molecule has 1 amide bonds. The molecular weight excluding hydrogens is 321 g/mol. The van der Waals surface area contributed by atoms with Crippen LogP contribution in [0.25, 0.3) is 0 Å². The molecule has 2 aromatic carbocycles. The lowest BCUT2D eigenvalue weighted by molar-refractivity contribution is 0.102. The Labute approximate surface area is 145 Å². The number of nitrogens with one attached hydrogen (secondary N) is 2. The zero-order chi connectivity index (χ0) is 17.6. The molecule has 5 nitrogen and oxygen atoms in total. The predicted molar refractivity (Wildman–Crippen MR) is 93.0 cm³/mol. The molecule has 0 aliphatic carbocycles. The lowest BCUT2D eigenvalue weighted by Crippen LogP contribution is -2.19. The van der Waals surface area contributed by atoms with Crippen LogP contribution in [-0.4, -0.2) is 25.2 Å². The van der Waals surface area contributed by atoms with Gasteiger partial charge in [0.2, 0.25) is 0 Å². The monoisotopic (exact) mass is 339 g/mol. The highest BCUT2D eigenvalue weighted by molar-refractivity contribution is 6.04. The Kier molecular flexibility index (Phi) is 5.26. The summed E-state index contributed by atoms with van der Waals surface area (Å²) in [6.45, 7) is 1.32. The average molecular weight is 339 g/mol. The fourth-order valence-electron chi connectivity index (χ4n) is 2.70. The van der Waals surface area contributed by atoms with Crippen LogP contribution < -0.4 is 10.6 Å². The third kappa shape index (κ3) is 4.34. The number of nitriles is 1. The highest BCUT2D eigenvalue weighted by Gasteiger charge is 2.16. The van der Waals surface area contributed by atoms with E-state index in [-0.39, 0.29) is 6.10 Å². The fraction of sp³-hybridized carbons (Fsp3) is 0.263. The molecule has 1 heterocycles. The number of anilines is 2. The van der Waals surface area contributed by atoms with E-state index in [0.29, 0.717) is 29.0 Å². The van der Waals surface area contributed by atoms with Crippen LogP contribution >= 0.6 is 0 Å². The average Bonchev–Trinajstić information content (AvgIpc) is 3.14. The van der Waals surface area contributed by atoms with Crippen LogP contribution in [0.3, 0.4) is 0 Å². The van der Waals surface area contributed by atoms with Gasteiger partial charge < -0.3 is 15.4 Å². The normalized spacial score (nSPS) is 16.2. The minimum absolute atomic E-state index is 0.117. The smallest absolute Gasteiger partial charge is 0.255 e. The van der Waals surface area contributed by atoms with Gasteiger partial charge in [0.15, 0.2) is 0 Å². The van der Waals surface area contributed by atoms with Gasteiger partial charge in [-0.1, -0.05) is 6.07 Å². The molecule has 1 saturated heterocycles. The molecule has 6 heteroatoms. The Morgan fingerprint density at radius 3 is 2.92 bits per heavy atom. The van der Waals surface area contributed by atoms with Crippen molar-refractivity contribution in [2.75, 3.05) is 23.8 Å². The van der Waals surface area contributed by atoms with Gasteiger partial charge in [-0.2, -0.15) is 5.26 Å². The van der Waals surface area contributed by atoms with E-state index in [1.165, 1.54) is 12.1 Å². The third-order valence-electron chi connectivity index (χ3n) is 4.02. The van der Waals surface area contributed by atoms with Crippen LogP contribution in [0.15, 0.2) is 42.5 Å². The number of carbonyl (C=O) groups excluding carboxylic acids is 1. The first-order valence-corrected chi connectivity index (χ1v) is 8.12. The summed E-state index contributed by atoms with van der Waals surface area (Å²) < 4.78 is 19.7. The molecule has 1 aliphatic heterocycles. The summed E-state index contributed by atoms with van der Waals surface area (Å²) in [5.41, 5.74) is 1.47. The maximum Gasteiger partial charge on any atom is 0.255 e. The van der Waals surface area contributed by atoms with Crippen LogP contribution in [0, 0.1) is 17.1 Å². The maximum atomic E-state index is 14.2. The molecule has 1 unspecified atom stereocenters. The molecule has 0 saturated carbocycles. The van der Waals surface area contributed by atoms with E-state index in [9.17, 15) is 9.18 Å². The van der Waals surface area contributed by atoms with Crippen LogP contribution in [0.2, 0.25) is 0 Å². The number of hydrogen-bond acceptors (Lipinski definition) is 4. The second kappa shape index (κ2) is 7.77. The van der Waals surface area contributed by atoms with Gasteiger partial charge in [-0.3, -0.25) is 4.79 Å². The number of ether oxygens (including phenoxy) is 1. The van der Waals surface area contributed by atoms with Crippen molar-refractivity contribution < 1.29 is 13.9 Å². The summed E-state index contributed by atoms with van der Waals surface area (Å²) in [6.07, 6.45) is 2.13. The third-order valence-corrected chi connectivity index (χ3v) is 4.02. The first kappa shape index (κ1) is 16.9. The molecule has 128 valence electrons. The minimum Gasteiger partial charge on any atom is -0.380 e. The number of halogens is 1. The zero-order valence-corrected chi connectivity index (χ0v) is 13.6. The molecular formula is C19H18FN3O2. The number of carbonyl (C=O) groups is 1. The van der Waals surface area contributed by atoms with E-state index < -0.39 is 11.7 Å². The van der Waals surface area contributed by atoms with Gasteiger partial charge in [-0.15, -0.1) is 0 Å². The SMILES string of the molecule is N#Cc1cccc(C(=O)Nc2ccc(NCC3CCCO3)c(F)c2)c1. The molecule has 1 fully saturated rings. The number of amides is 1. The largest absolute Gasteiger partial charge is 0.380 e. The van der Waals surface area contributed by atoms with Crippen molar-refractivity contribution in [3.8, 4) is 6.07 Å². The molecule has 2 aromatic rings. The molecule has 25 heavy (non-hydrogen) atoms. The van der Waals surface area contributed by atoms with E-state index >= 15 is 0 Å². The van der Waals surface area contributed by atoms with Gasteiger partial charge >= 0.3 is 0 Å². The molecule has 2 N–H and O–H groups in total. The summed E-state index contributed by atoms with van der Waals surface area (Å²) in [6, 6.07) is 12.8. The molecule has 1 aliphatic rings. The molecule has 0 bridgehead atoms. The highest BCUT2D eigenvalue weighted by Crippen LogP contribution is 2.21. The zero-order valence-electron chi connectivity index (χ0n) is 13.6. The van der Waals surface area contributed by atoms with E-state index in [1.54, 1.807) is 30.3 Å². The topological polar surface area (TPSA) is 74.2 Å². The Morgan fingerprint density at radius 2 is 2.20 bits per heavy atom. The quantitative estimate of drug-likeness (QED) is 0.874. The first-order valence-electron chi connectivity index (χ1n) is 8.12. The van der Waals surface area contributed by atoms with Crippen molar-refractivity contribution in [3.63, 3.8) is 0 Å². The number of nitrogens with zero attached hydrogens (tertiary/aromatic N) is 1. The van der Waals surface area contributed by atoms with Crippen LogP contribution in [0.5, 0.6) is 0 Å². The van der Waals surface area contributed by atoms with Crippen LogP contribution in [0.1, 0.15) is 28.8 Å². The Hall–Kier alpha value is -2.91. The summed E-state index contributed by atoms with van der Waals surface area (Å²) >= 11 is 0. The Balaban J connectivity index is 1.63. The summed E-state index contributed by atoms with van der Waals surface area (Å²) in [7, 11) is 0. The lowest BCUT2D eigenvalue weighted by Gasteiger charge is -2.13. The van der Waals surface area contributed by atoms with Crippen LogP contribution in [-0.2, 0) is 4.74 Å². The number of hydrogen-bond donors (Lipinski definition) is 2. The van der Waals surface area contributed by atoms with Crippen molar-refractivity contribution in [2.45, 2.75) is 18.9 Å². The standard InChI is InChI=1S/C19H18FN3O2/c20-17-10-15(6-7-18(17)22-12-16-5-2-8-25-16)23-19(24)14-4-1-3-13(9-14)11-21/h1,3-4,6-7,9-10,16,22H,2,5,8,12H2,(H,23,24). The van der Waals surface area contributed by atoms with E-state index in [1.807, 2.05) is 6.07 Å². The van der Waals surface area contributed by atoms with Crippen LogP contribution in [0.4, 0.5) is 15.8 Å². The highest BCUT2D eigenvalue weighted by atomic mass is 19.1. The van der Waals surface area contributed by atoms with Crippen molar-refractivity contribution in [3.05, 3.63) is 59.4 Å². The predicted octanol–water partition coefficient (Wildman–Crippen LogP) is 3.54. The lowest BCUT2D eigenvalue weighted by atomic mass is 10.1. The molecule has 0 radical (unpaired) electrons. The van der Waals surface area contributed by atoms with Gasteiger partial charge in [-0.25, -0.2) is 4.39 Å². The summed E-state index contributed by atoms with van der Waals surface area (Å²) in [4.78, 5) is 12.2. The van der Waals surface area contributed by atoms with Gasteiger partial charge in [0.25, 0.3) is 5.91 Å². The van der Waals surface area contributed by atoms with Gasteiger partial charge in [0, 0.05) is 24.4 Å². The van der Waals surface area contributed by atoms with Crippen molar-refractivity contribution >= 4 is 17.3 Å². The maximum absolute atomic E-state index is 14.2. The van der Waals surface area contributed by atoms with E-state index in [2.05, 4.69) is 10.6 Å². The Bertz CT molecular complexity index is 811. The van der Waals surface area contributed by atoms with Gasteiger partial charge in [0.1, 0.15) is 5.82 Å². The van der Waals surface area contributed by atoms with Crippen molar-refractivity contribution in [1.82, 2.24) is 0 Å². The number of benzene rings is 2. The second-order valence-corrected chi connectivity index (χ2v) is 5.86. The van der Waals surface area contributed by atoms with Crippen molar-refractivity contribution in [1.29, 1.82) is 5.26 Å². The first-order chi connectivity index (χ1) is 12.2. The summed E-state index contributed by atoms with van der Waals surface area (Å²) in [5.74, 6) is -0.835. The van der Waals surface area contributed by atoms with Crippen molar-refractivity contribution in [2.24, 2.45) is 0 Å². The summed E-state index contributed by atoms with van der Waals surface area (Å²) in [5, 5.41) is 14.5. The van der Waals surface area contributed by atoms with E-state index in [0.717, 1.165) is 19.4 Å². The van der Waals surface area contributed by atoms with Gasteiger partial charge in [-0.05, 0) is 49.2 Å². The van der Waals surface area contributed by atoms with Gasteiger partial charge in [0.05, 0.1) is 23.4 Å². The molecule has 3 rings (SSSR count). The molecule has 1 atom stereocenters.